The molecule has 1 aromatic heterocycles. The molecule has 1 N–H and O–H groups in total. The van der Waals surface area contributed by atoms with Crippen molar-refractivity contribution in [1.29, 1.82) is 0 Å². The van der Waals surface area contributed by atoms with Gasteiger partial charge in [-0.2, -0.15) is 5.10 Å². The topological polar surface area (TPSA) is 42.7 Å². The summed E-state index contributed by atoms with van der Waals surface area (Å²) in [6, 6.07) is 4.88. The molecule has 0 saturated heterocycles. The van der Waals surface area contributed by atoms with Gasteiger partial charge in [-0.05, 0) is 24.6 Å². The molecule has 0 saturated carbocycles. The Kier molecular flexibility index (Phi) is 4.66. The first-order chi connectivity index (χ1) is 9.06. The molecule has 6 heteroatoms. The van der Waals surface area contributed by atoms with Gasteiger partial charge >= 0.3 is 0 Å². The van der Waals surface area contributed by atoms with Gasteiger partial charge in [0.25, 0.3) is 0 Å². The Morgan fingerprint density at radius 2 is 2.26 bits per heavy atom. The van der Waals surface area contributed by atoms with Gasteiger partial charge < -0.3 is 5.32 Å². The van der Waals surface area contributed by atoms with Crippen LogP contribution in [0.3, 0.4) is 0 Å². The number of halogens is 2. The van der Waals surface area contributed by atoms with E-state index in [1.807, 2.05) is 14.0 Å². The molecule has 0 amide bonds. The Morgan fingerprint density at radius 1 is 1.47 bits per heavy atom. The van der Waals surface area contributed by atoms with Gasteiger partial charge in [-0.15, -0.1) is 0 Å². The van der Waals surface area contributed by atoms with Crippen LogP contribution >= 0.6 is 15.9 Å². The second kappa shape index (κ2) is 6.25. The van der Waals surface area contributed by atoms with Gasteiger partial charge in [-0.1, -0.05) is 22.0 Å². The van der Waals surface area contributed by atoms with Gasteiger partial charge in [0.1, 0.15) is 12.1 Å². The van der Waals surface area contributed by atoms with Crippen LogP contribution in [0.5, 0.6) is 0 Å². The number of benzene rings is 1. The van der Waals surface area contributed by atoms with E-state index in [0.29, 0.717) is 0 Å². The van der Waals surface area contributed by atoms with E-state index in [1.165, 1.54) is 12.1 Å². The van der Waals surface area contributed by atoms with Crippen LogP contribution in [0.4, 0.5) is 4.39 Å². The summed E-state index contributed by atoms with van der Waals surface area (Å²) in [5.41, 5.74) is 1.04. The normalized spacial score (nSPS) is 12.6. The van der Waals surface area contributed by atoms with E-state index in [4.69, 9.17) is 0 Å². The van der Waals surface area contributed by atoms with Crippen molar-refractivity contribution in [2.75, 3.05) is 6.54 Å². The minimum Gasteiger partial charge on any atom is -0.310 e. The molecule has 0 aliphatic rings. The van der Waals surface area contributed by atoms with Crippen molar-refractivity contribution in [3.63, 3.8) is 0 Å². The molecular weight excluding hydrogens is 311 g/mol. The SMILES string of the molecule is CC(NCCc1ncn(C)n1)c1ccc(F)cc1Br. The van der Waals surface area contributed by atoms with Crippen molar-refractivity contribution in [2.45, 2.75) is 19.4 Å². The lowest BCUT2D eigenvalue weighted by Crippen LogP contribution is -2.22. The summed E-state index contributed by atoms with van der Waals surface area (Å²) >= 11 is 3.38. The molecule has 1 aromatic carbocycles. The molecule has 4 nitrogen and oxygen atoms in total. The third kappa shape index (κ3) is 3.84. The first kappa shape index (κ1) is 14.1. The maximum absolute atomic E-state index is 13.0. The molecule has 0 aliphatic heterocycles. The molecule has 0 bridgehead atoms. The minimum absolute atomic E-state index is 0.138. The Morgan fingerprint density at radius 3 is 2.89 bits per heavy atom. The Labute approximate surface area is 120 Å². The monoisotopic (exact) mass is 326 g/mol. The highest BCUT2D eigenvalue weighted by atomic mass is 79.9. The zero-order valence-electron chi connectivity index (χ0n) is 10.9. The average molecular weight is 327 g/mol. The fourth-order valence-electron chi connectivity index (χ4n) is 1.86. The lowest BCUT2D eigenvalue weighted by molar-refractivity contribution is 0.563. The van der Waals surface area contributed by atoms with Crippen LogP contribution in [0.1, 0.15) is 24.4 Å². The fourth-order valence-corrected chi connectivity index (χ4v) is 2.56. The summed E-state index contributed by atoms with van der Waals surface area (Å²) in [4.78, 5) is 4.17. The maximum atomic E-state index is 13.0. The lowest BCUT2D eigenvalue weighted by Gasteiger charge is -2.15. The van der Waals surface area contributed by atoms with Crippen molar-refractivity contribution < 1.29 is 4.39 Å². The first-order valence-electron chi connectivity index (χ1n) is 6.09. The van der Waals surface area contributed by atoms with Gasteiger partial charge in [0.2, 0.25) is 0 Å². The van der Waals surface area contributed by atoms with Crippen LogP contribution in [-0.4, -0.2) is 21.3 Å². The zero-order valence-corrected chi connectivity index (χ0v) is 12.5. The predicted octanol–water partition coefficient (Wildman–Crippen LogP) is 2.61. The second-order valence-corrected chi connectivity index (χ2v) is 5.28. The Hall–Kier alpha value is -1.27. The van der Waals surface area contributed by atoms with E-state index in [9.17, 15) is 4.39 Å². The van der Waals surface area contributed by atoms with E-state index in [2.05, 4.69) is 31.3 Å². The summed E-state index contributed by atoms with van der Waals surface area (Å²) in [5.74, 6) is 0.584. The number of hydrogen-bond donors (Lipinski definition) is 1. The smallest absolute Gasteiger partial charge is 0.151 e. The molecular formula is C13H16BrFN4. The van der Waals surface area contributed by atoms with E-state index in [-0.39, 0.29) is 11.9 Å². The van der Waals surface area contributed by atoms with E-state index in [1.54, 1.807) is 17.1 Å². The molecule has 19 heavy (non-hydrogen) atoms. The number of nitrogens with zero attached hydrogens (tertiary/aromatic N) is 3. The number of aromatic nitrogens is 3. The van der Waals surface area contributed by atoms with Gasteiger partial charge in [0, 0.05) is 30.5 Å². The van der Waals surface area contributed by atoms with Crippen LogP contribution in [0.15, 0.2) is 29.0 Å². The first-order valence-corrected chi connectivity index (χ1v) is 6.88. The number of aryl methyl sites for hydroxylation is 1. The van der Waals surface area contributed by atoms with Crippen LogP contribution in [0.2, 0.25) is 0 Å². The molecule has 1 unspecified atom stereocenters. The molecule has 2 aromatic rings. The molecule has 1 atom stereocenters. The number of nitrogens with one attached hydrogen (secondary N) is 1. The van der Waals surface area contributed by atoms with E-state index in [0.717, 1.165) is 28.8 Å². The summed E-state index contributed by atoms with van der Waals surface area (Å²) < 4.78 is 15.5. The summed E-state index contributed by atoms with van der Waals surface area (Å²) in [7, 11) is 1.85. The van der Waals surface area contributed by atoms with E-state index < -0.39 is 0 Å². The Balaban J connectivity index is 1.88. The second-order valence-electron chi connectivity index (χ2n) is 4.43. The highest BCUT2D eigenvalue weighted by Gasteiger charge is 2.09. The van der Waals surface area contributed by atoms with Crippen molar-refractivity contribution in [2.24, 2.45) is 7.05 Å². The van der Waals surface area contributed by atoms with Crippen LogP contribution in [-0.2, 0) is 13.5 Å². The summed E-state index contributed by atoms with van der Waals surface area (Å²) in [6.07, 6.45) is 2.46. The third-order valence-corrected chi connectivity index (χ3v) is 3.56. The quantitative estimate of drug-likeness (QED) is 0.918. The predicted molar refractivity (Wildman–Crippen MR) is 75.2 cm³/mol. The van der Waals surface area contributed by atoms with Crippen LogP contribution in [0, 0.1) is 5.82 Å². The standard InChI is InChI=1S/C13H16BrFN4/c1-9(11-4-3-10(15)7-12(11)14)16-6-5-13-17-8-19(2)18-13/h3-4,7-9,16H,5-6H2,1-2H3. The summed E-state index contributed by atoms with van der Waals surface area (Å²) in [6.45, 7) is 2.82. The van der Waals surface area contributed by atoms with Crippen molar-refractivity contribution in [3.8, 4) is 0 Å². The highest BCUT2D eigenvalue weighted by Crippen LogP contribution is 2.23. The average Bonchev–Trinajstić information content (AvgIpc) is 2.75. The van der Waals surface area contributed by atoms with Gasteiger partial charge in [0.15, 0.2) is 5.82 Å². The highest BCUT2D eigenvalue weighted by molar-refractivity contribution is 9.10. The van der Waals surface area contributed by atoms with Gasteiger partial charge in [0.05, 0.1) is 0 Å². The molecule has 0 aliphatic carbocycles. The summed E-state index contributed by atoms with van der Waals surface area (Å²) in [5, 5.41) is 7.59. The molecule has 102 valence electrons. The fraction of sp³-hybridized carbons (Fsp3) is 0.385. The van der Waals surface area contributed by atoms with Crippen molar-refractivity contribution in [1.82, 2.24) is 20.1 Å². The molecule has 1 heterocycles. The largest absolute Gasteiger partial charge is 0.310 e. The zero-order chi connectivity index (χ0) is 13.8. The van der Waals surface area contributed by atoms with E-state index >= 15 is 0 Å². The molecule has 0 spiro atoms. The van der Waals surface area contributed by atoms with Crippen LogP contribution < -0.4 is 5.32 Å². The molecule has 2 rings (SSSR count). The Bertz CT molecular complexity index is 555. The third-order valence-electron chi connectivity index (χ3n) is 2.88. The molecule has 0 radical (unpaired) electrons. The maximum Gasteiger partial charge on any atom is 0.151 e. The minimum atomic E-state index is -0.236. The van der Waals surface area contributed by atoms with Crippen molar-refractivity contribution in [3.05, 3.63) is 46.2 Å². The van der Waals surface area contributed by atoms with Gasteiger partial charge in [-0.3, -0.25) is 4.68 Å². The number of rotatable bonds is 5. The van der Waals surface area contributed by atoms with Gasteiger partial charge in [-0.25, -0.2) is 9.37 Å². The van der Waals surface area contributed by atoms with Crippen LogP contribution in [0.25, 0.3) is 0 Å². The molecule has 0 fully saturated rings. The lowest BCUT2D eigenvalue weighted by atomic mass is 10.1. The number of hydrogen-bond acceptors (Lipinski definition) is 3. The van der Waals surface area contributed by atoms with Crippen molar-refractivity contribution >= 4 is 15.9 Å².